The largest absolute Gasteiger partial charge is 0.467 e. The van der Waals surface area contributed by atoms with Crippen LogP contribution in [0.15, 0.2) is 71.3 Å². The summed E-state index contributed by atoms with van der Waals surface area (Å²) in [5.41, 5.74) is 2.19. The van der Waals surface area contributed by atoms with Gasteiger partial charge in [0.1, 0.15) is 5.76 Å². The van der Waals surface area contributed by atoms with Crippen LogP contribution in [-0.2, 0) is 6.54 Å². The first-order chi connectivity index (χ1) is 11.2. The Labute approximate surface area is 139 Å². The van der Waals surface area contributed by atoms with Gasteiger partial charge in [-0.05, 0) is 54.6 Å². The van der Waals surface area contributed by atoms with E-state index < -0.39 is 0 Å². The number of benzene rings is 2. The number of carbonyl (C=O) groups excluding carboxylic acids is 1. The van der Waals surface area contributed by atoms with Gasteiger partial charge in [-0.15, -0.1) is 0 Å². The van der Waals surface area contributed by atoms with Gasteiger partial charge in [-0.1, -0.05) is 17.7 Å². The molecule has 0 spiro atoms. The molecule has 4 nitrogen and oxygen atoms in total. The molecule has 0 aliphatic rings. The molecule has 2 aromatic carbocycles. The molecule has 0 atom stereocenters. The van der Waals surface area contributed by atoms with E-state index in [-0.39, 0.29) is 5.91 Å². The molecule has 116 valence electrons. The Morgan fingerprint density at radius 3 is 2.48 bits per heavy atom. The van der Waals surface area contributed by atoms with Gasteiger partial charge in [0.15, 0.2) is 0 Å². The summed E-state index contributed by atoms with van der Waals surface area (Å²) in [5, 5.41) is 6.62. The van der Waals surface area contributed by atoms with Crippen LogP contribution in [0.5, 0.6) is 0 Å². The van der Waals surface area contributed by atoms with Crippen molar-refractivity contribution in [3.05, 3.63) is 83.3 Å². The summed E-state index contributed by atoms with van der Waals surface area (Å²) in [6.45, 7) is 0.612. The van der Waals surface area contributed by atoms with E-state index in [2.05, 4.69) is 10.6 Å². The van der Waals surface area contributed by atoms with Crippen LogP contribution >= 0.6 is 11.6 Å². The smallest absolute Gasteiger partial charge is 0.255 e. The van der Waals surface area contributed by atoms with Crippen molar-refractivity contribution >= 4 is 28.9 Å². The molecule has 1 heterocycles. The van der Waals surface area contributed by atoms with Gasteiger partial charge in [0.2, 0.25) is 0 Å². The summed E-state index contributed by atoms with van der Waals surface area (Å²) < 4.78 is 5.26. The third-order valence-corrected chi connectivity index (χ3v) is 3.51. The molecule has 23 heavy (non-hydrogen) atoms. The number of amides is 1. The molecule has 0 aliphatic carbocycles. The Morgan fingerprint density at radius 1 is 1.00 bits per heavy atom. The maximum Gasteiger partial charge on any atom is 0.255 e. The number of halogens is 1. The van der Waals surface area contributed by atoms with E-state index in [0.717, 1.165) is 17.1 Å². The molecule has 3 aromatic rings. The summed E-state index contributed by atoms with van der Waals surface area (Å²) in [6.07, 6.45) is 1.64. The molecular weight excluding hydrogens is 312 g/mol. The normalized spacial score (nSPS) is 10.3. The van der Waals surface area contributed by atoms with Gasteiger partial charge in [-0.2, -0.15) is 0 Å². The van der Waals surface area contributed by atoms with Gasteiger partial charge in [0, 0.05) is 22.0 Å². The molecule has 1 aromatic heterocycles. The molecule has 1 amide bonds. The zero-order chi connectivity index (χ0) is 16.1. The monoisotopic (exact) mass is 326 g/mol. The highest BCUT2D eigenvalue weighted by Crippen LogP contribution is 2.17. The first-order valence-corrected chi connectivity index (χ1v) is 7.52. The summed E-state index contributed by atoms with van der Waals surface area (Å²) in [7, 11) is 0. The Balaban J connectivity index is 1.59. The maximum absolute atomic E-state index is 12.1. The Kier molecular flexibility index (Phi) is 4.64. The van der Waals surface area contributed by atoms with Crippen molar-refractivity contribution in [3.63, 3.8) is 0 Å². The van der Waals surface area contributed by atoms with Crippen molar-refractivity contribution in [2.45, 2.75) is 6.54 Å². The standard InChI is InChI=1S/C18H15ClN2O2/c19-14-4-1-3-13(11-14)18(22)21-16-8-6-15(7-9-16)20-12-17-5-2-10-23-17/h1-11,20H,12H2,(H,21,22). The molecule has 0 radical (unpaired) electrons. The lowest BCUT2D eigenvalue weighted by atomic mass is 10.2. The minimum absolute atomic E-state index is 0.191. The molecule has 0 bridgehead atoms. The predicted octanol–water partition coefficient (Wildman–Crippen LogP) is 4.80. The highest BCUT2D eigenvalue weighted by Gasteiger charge is 2.06. The molecular formula is C18H15ClN2O2. The SMILES string of the molecule is O=C(Nc1ccc(NCc2ccco2)cc1)c1cccc(Cl)c1. The van der Waals surface area contributed by atoms with E-state index in [9.17, 15) is 4.79 Å². The van der Waals surface area contributed by atoms with Crippen LogP contribution in [0.25, 0.3) is 0 Å². The average Bonchev–Trinajstić information content (AvgIpc) is 3.08. The van der Waals surface area contributed by atoms with E-state index in [0.29, 0.717) is 17.1 Å². The van der Waals surface area contributed by atoms with Gasteiger partial charge in [0.25, 0.3) is 5.91 Å². The third-order valence-electron chi connectivity index (χ3n) is 3.28. The molecule has 0 unspecified atom stereocenters. The Bertz CT molecular complexity index is 783. The molecule has 0 aliphatic heterocycles. The van der Waals surface area contributed by atoms with Crippen LogP contribution in [0, 0.1) is 0 Å². The van der Waals surface area contributed by atoms with Crippen LogP contribution in [0.1, 0.15) is 16.1 Å². The van der Waals surface area contributed by atoms with E-state index in [4.69, 9.17) is 16.0 Å². The minimum atomic E-state index is -0.191. The maximum atomic E-state index is 12.1. The second kappa shape index (κ2) is 7.03. The summed E-state index contributed by atoms with van der Waals surface area (Å²) in [6, 6.07) is 18.1. The Morgan fingerprint density at radius 2 is 1.78 bits per heavy atom. The highest BCUT2D eigenvalue weighted by atomic mass is 35.5. The number of rotatable bonds is 5. The molecule has 0 saturated carbocycles. The van der Waals surface area contributed by atoms with E-state index in [1.54, 1.807) is 30.5 Å². The van der Waals surface area contributed by atoms with Crippen LogP contribution in [0.2, 0.25) is 5.02 Å². The predicted molar refractivity (Wildman–Crippen MR) is 91.9 cm³/mol. The number of anilines is 2. The second-order valence-corrected chi connectivity index (χ2v) is 5.41. The Hall–Kier alpha value is -2.72. The van der Waals surface area contributed by atoms with Crippen LogP contribution in [0.4, 0.5) is 11.4 Å². The number of carbonyl (C=O) groups is 1. The second-order valence-electron chi connectivity index (χ2n) is 4.97. The lowest BCUT2D eigenvalue weighted by Crippen LogP contribution is -2.11. The minimum Gasteiger partial charge on any atom is -0.467 e. The van der Waals surface area contributed by atoms with Crippen molar-refractivity contribution in [1.29, 1.82) is 0 Å². The third kappa shape index (κ3) is 4.14. The number of hydrogen-bond donors (Lipinski definition) is 2. The lowest BCUT2D eigenvalue weighted by Gasteiger charge is -2.08. The quantitative estimate of drug-likeness (QED) is 0.708. The number of hydrogen-bond acceptors (Lipinski definition) is 3. The fourth-order valence-corrected chi connectivity index (χ4v) is 2.30. The molecule has 2 N–H and O–H groups in total. The van der Waals surface area contributed by atoms with Gasteiger partial charge in [-0.25, -0.2) is 0 Å². The zero-order valence-corrected chi connectivity index (χ0v) is 13.0. The first kappa shape index (κ1) is 15.2. The molecule has 3 rings (SSSR count). The van der Waals surface area contributed by atoms with Crippen molar-refractivity contribution in [3.8, 4) is 0 Å². The lowest BCUT2D eigenvalue weighted by molar-refractivity contribution is 0.102. The topological polar surface area (TPSA) is 54.3 Å². The summed E-state index contributed by atoms with van der Waals surface area (Å²) in [4.78, 5) is 12.1. The van der Waals surface area contributed by atoms with Gasteiger partial charge in [0.05, 0.1) is 12.8 Å². The van der Waals surface area contributed by atoms with E-state index >= 15 is 0 Å². The fourth-order valence-electron chi connectivity index (χ4n) is 2.11. The molecule has 0 fully saturated rings. The van der Waals surface area contributed by atoms with Crippen LogP contribution < -0.4 is 10.6 Å². The van der Waals surface area contributed by atoms with Crippen molar-refractivity contribution < 1.29 is 9.21 Å². The van der Waals surface area contributed by atoms with Crippen LogP contribution in [0.3, 0.4) is 0 Å². The number of furan rings is 1. The summed E-state index contributed by atoms with van der Waals surface area (Å²) in [5.74, 6) is 0.673. The van der Waals surface area contributed by atoms with Crippen LogP contribution in [-0.4, -0.2) is 5.91 Å². The van der Waals surface area contributed by atoms with E-state index in [1.165, 1.54) is 0 Å². The average molecular weight is 327 g/mol. The molecule has 0 saturated heterocycles. The van der Waals surface area contributed by atoms with Crippen molar-refractivity contribution in [2.24, 2.45) is 0 Å². The highest BCUT2D eigenvalue weighted by molar-refractivity contribution is 6.31. The molecule has 5 heteroatoms. The fraction of sp³-hybridized carbons (Fsp3) is 0.0556. The first-order valence-electron chi connectivity index (χ1n) is 7.14. The number of nitrogens with one attached hydrogen (secondary N) is 2. The van der Waals surface area contributed by atoms with Crippen molar-refractivity contribution in [1.82, 2.24) is 0 Å². The van der Waals surface area contributed by atoms with E-state index in [1.807, 2.05) is 36.4 Å². The zero-order valence-electron chi connectivity index (χ0n) is 12.3. The summed E-state index contributed by atoms with van der Waals surface area (Å²) >= 11 is 5.89. The van der Waals surface area contributed by atoms with Gasteiger partial charge < -0.3 is 15.1 Å². The van der Waals surface area contributed by atoms with Gasteiger partial charge in [-0.3, -0.25) is 4.79 Å². The van der Waals surface area contributed by atoms with Crippen molar-refractivity contribution in [2.75, 3.05) is 10.6 Å². The van der Waals surface area contributed by atoms with Gasteiger partial charge >= 0.3 is 0 Å².